The Bertz CT molecular complexity index is 849. The van der Waals surface area contributed by atoms with Crippen LogP contribution in [0.25, 0.3) is 11.0 Å². The smallest absolute Gasteiger partial charge is 0.346 e. The molecule has 150 valence electrons. The number of quaternary nitrogens is 1. The fourth-order valence-corrected chi connectivity index (χ4v) is 2.93. The van der Waals surface area contributed by atoms with Crippen molar-refractivity contribution in [3.63, 3.8) is 0 Å². The molecule has 1 aromatic carbocycles. The molecule has 0 radical (unpaired) electrons. The van der Waals surface area contributed by atoms with Gasteiger partial charge in [-0.15, -0.1) is 0 Å². The van der Waals surface area contributed by atoms with Crippen LogP contribution in [0.15, 0.2) is 27.4 Å². The lowest BCUT2D eigenvalue weighted by atomic mass is 10.1. The average Bonchev–Trinajstić information content (AvgIpc) is 2.65. The van der Waals surface area contributed by atoms with E-state index >= 15 is 0 Å². The third kappa shape index (κ3) is 5.55. The second kappa shape index (κ2) is 10.2. The lowest BCUT2D eigenvalue weighted by Gasteiger charge is -2.32. The summed E-state index contributed by atoms with van der Waals surface area (Å²) >= 11 is 5.42. The number of fused-ring (bicyclic) bond motifs is 1. The zero-order chi connectivity index (χ0) is 19.3. The van der Waals surface area contributed by atoms with Gasteiger partial charge >= 0.3 is 5.63 Å². The third-order valence-corrected chi connectivity index (χ3v) is 5.32. The van der Waals surface area contributed by atoms with E-state index in [-0.39, 0.29) is 24.0 Å². The summed E-state index contributed by atoms with van der Waals surface area (Å²) < 4.78 is 17.0. The van der Waals surface area contributed by atoms with Crippen molar-refractivity contribution in [2.24, 2.45) is 0 Å². The average molecular weight is 506 g/mol. The molecule has 1 heterocycles. The van der Waals surface area contributed by atoms with Gasteiger partial charge in [-0.3, -0.25) is 0 Å². The lowest BCUT2D eigenvalue weighted by Crippen LogP contribution is -3.00. The third-order valence-electron chi connectivity index (χ3n) is 4.95. The highest BCUT2D eigenvalue weighted by atomic mass is 127. The molecule has 2 aromatic rings. The van der Waals surface area contributed by atoms with Crippen molar-refractivity contribution < 1.29 is 42.4 Å². The Hall–Kier alpha value is -1.39. The summed E-state index contributed by atoms with van der Waals surface area (Å²) in [4.78, 5) is 12.8. The minimum atomic E-state index is -0.478. The molecule has 0 saturated carbocycles. The first-order valence-corrected chi connectivity index (χ1v) is 9.10. The summed E-state index contributed by atoms with van der Waals surface area (Å²) in [5, 5.41) is 3.85. The number of nitrogens with one attached hydrogen (secondary N) is 1. The van der Waals surface area contributed by atoms with Gasteiger partial charge in [0.1, 0.15) is 22.1 Å². The van der Waals surface area contributed by atoms with E-state index in [4.69, 9.17) is 26.1 Å². The summed E-state index contributed by atoms with van der Waals surface area (Å²) in [5.41, 5.74) is 0.255. The Balaban J connectivity index is 0.00000364. The number of rotatable bonds is 8. The van der Waals surface area contributed by atoms with Gasteiger partial charge in [-0.1, -0.05) is 12.2 Å². The molecule has 0 aliphatic heterocycles. The number of methoxy groups -OCH3 is 2. The highest BCUT2D eigenvalue weighted by molar-refractivity contribution is 7.80. The minimum absolute atomic E-state index is 0. The number of ether oxygens (including phenoxy) is 2. The normalized spacial score (nSPS) is 11.0. The molecule has 0 aliphatic carbocycles. The van der Waals surface area contributed by atoms with Crippen LogP contribution in [0.3, 0.4) is 0 Å². The number of hydrogen-bond acceptors (Lipinski definition) is 5. The SMILES string of the molecule is CC[N+](C)(CC)CCNC(=S)c1cc2c(OC)cc(OC)cc2oc1=O.[I-]. The number of benzene rings is 1. The van der Waals surface area contributed by atoms with Gasteiger partial charge in [-0.2, -0.15) is 0 Å². The largest absolute Gasteiger partial charge is 1.00 e. The molecule has 0 aliphatic rings. The van der Waals surface area contributed by atoms with Crippen LogP contribution in [0.2, 0.25) is 0 Å². The van der Waals surface area contributed by atoms with Gasteiger partial charge in [0.05, 0.1) is 58.4 Å². The van der Waals surface area contributed by atoms with Crippen LogP contribution in [0, 0.1) is 0 Å². The van der Waals surface area contributed by atoms with E-state index in [2.05, 4.69) is 26.2 Å². The molecule has 0 amide bonds. The van der Waals surface area contributed by atoms with Crippen molar-refractivity contribution in [3.8, 4) is 11.5 Å². The monoisotopic (exact) mass is 506 g/mol. The van der Waals surface area contributed by atoms with Crippen LogP contribution >= 0.6 is 12.2 Å². The highest BCUT2D eigenvalue weighted by Gasteiger charge is 2.18. The summed E-state index contributed by atoms with van der Waals surface area (Å²) in [6, 6.07) is 5.11. The van der Waals surface area contributed by atoms with E-state index in [0.29, 0.717) is 39.6 Å². The van der Waals surface area contributed by atoms with E-state index in [1.54, 1.807) is 32.4 Å². The van der Waals surface area contributed by atoms with Crippen LogP contribution < -0.4 is 44.4 Å². The molecule has 0 spiro atoms. The molecule has 0 fully saturated rings. The van der Waals surface area contributed by atoms with E-state index in [0.717, 1.165) is 24.1 Å². The maximum atomic E-state index is 12.4. The second-order valence-corrected chi connectivity index (χ2v) is 6.83. The molecule has 6 nitrogen and oxygen atoms in total. The van der Waals surface area contributed by atoms with Gasteiger partial charge in [-0.25, -0.2) is 4.79 Å². The second-order valence-electron chi connectivity index (χ2n) is 6.42. The van der Waals surface area contributed by atoms with E-state index in [9.17, 15) is 4.79 Å². The number of nitrogens with zero attached hydrogens (tertiary/aromatic N) is 1. The van der Waals surface area contributed by atoms with Gasteiger partial charge in [0.2, 0.25) is 0 Å². The molecule has 0 atom stereocenters. The van der Waals surface area contributed by atoms with Gasteiger partial charge in [-0.05, 0) is 19.9 Å². The topological polar surface area (TPSA) is 60.7 Å². The quantitative estimate of drug-likeness (QED) is 0.227. The minimum Gasteiger partial charge on any atom is -1.00 e. The fourth-order valence-electron chi connectivity index (χ4n) is 2.68. The molecule has 8 heteroatoms. The molecule has 1 N–H and O–H groups in total. The lowest BCUT2D eigenvalue weighted by molar-refractivity contribution is -0.904. The molecule has 0 saturated heterocycles. The van der Waals surface area contributed by atoms with Crippen molar-refractivity contribution in [2.45, 2.75) is 13.8 Å². The first-order chi connectivity index (χ1) is 12.4. The molecular weight excluding hydrogens is 479 g/mol. The first-order valence-electron chi connectivity index (χ1n) is 8.69. The molecular formula is C19H27IN2O4S. The van der Waals surface area contributed by atoms with Crippen molar-refractivity contribution in [1.82, 2.24) is 5.32 Å². The number of thiocarbonyl (C=S) groups is 1. The van der Waals surface area contributed by atoms with Crippen molar-refractivity contribution in [3.05, 3.63) is 34.2 Å². The van der Waals surface area contributed by atoms with Crippen LogP contribution in [0.1, 0.15) is 19.4 Å². The fraction of sp³-hybridized carbons (Fsp3) is 0.474. The maximum absolute atomic E-state index is 12.4. The predicted molar refractivity (Wildman–Crippen MR) is 107 cm³/mol. The van der Waals surface area contributed by atoms with Gasteiger partial charge in [0, 0.05) is 12.1 Å². The molecule has 1 aromatic heterocycles. The van der Waals surface area contributed by atoms with E-state index < -0.39 is 5.63 Å². The van der Waals surface area contributed by atoms with Crippen LogP contribution in [0.4, 0.5) is 0 Å². The van der Waals surface area contributed by atoms with E-state index in [1.165, 1.54) is 0 Å². The van der Waals surface area contributed by atoms with Gasteiger partial charge < -0.3 is 47.7 Å². The number of hydrogen-bond donors (Lipinski definition) is 1. The van der Waals surface area contributed by atoms with Crippen LogP contribution in [-0.4, -0.2) is 56.9 Å². The maximum Gasteiger partial charge on any atom is 0.346 e. The summed E-state index contributed by atoms with van der Waals surface area (Å²) in [7, 11) is 5.31. The molecule has 0 unspecified atom stereocenters. The van der Waals surface area contributed by atoms with Gasteiger partial charge in [0.25, 0.3) is 0 Å². The number of halogens is 1. The zero-order valence-electron chi connectivity index (χ0n) is 16.4. The van der Waals surface area contributed by atoms with Gasteiger partial charge in [0.15, 0.2) is 0 Å². The summed E-state index contributed by atoms with van der Waals surface area (Å²) in [6.45, 7) is 8.03. The predicted octanol–water partition coefficient (Wildman–Crippen LogP) is -0.434. The van der Waals surface area contributed by atoms with Crippen molar-refractivity contribution in [1.29, 1.82) is 0 Å². The van der Waals surface area contributed by atoms with Crippen LogP contribution in [0.5, 0.6) is 11.5 Å². The Morgan fingerprint density at radius 2 is 1.85 bits per heavy atom. The Morgan fingerprint density at radius 1 is 1.19 bits per heavy atom. The summed E-state index contributed by atoms with van der Waals surface area (Å²) in [5.74, 6) is 1.12. The van der Waals surface area contributed by atoms with Crippen LogP contribution in [-0.2, 0) is 0 Å². The standard InChI is InChI=1S/C19H26N2O4S.HI/c1-6-21(3,7-2)9-8-20-18(26)15-12-14-16(24-5)10-13(23-4)11-17(14)25-19(15)22;/h10-12H,6-9H2,1-5H3;1H. The van der Waals surface area contributed by atoms with Crippen molar-refractivity contribution >= 4 is 28.2 Å². The van der Waals surface area contributed by atoms with Crippen molar-refractivity contribution in [2.75, 3.05) is 47.4 Å². The Labute approximate surface area is 182 Å². The first kappa shape index (κ1) is 23.6. The molecule has 2 rings (SSSR count). The summed E-state index contributed by atoms with van der Waals surface area (Å²) in [6.07, 6.45) is 0. The molecule has 27 heavy (non-hydrogen) atoms. The van der Waals surface area contributed by atoms with E-state index in [1.807, 2.05) is 0 Å². The Morgan fingerprint density at radius 3 is 2.41 bits per heavy atom. The zero-order valence-corrected chi connectivity index (χ0v) is 19.4. The Kier molecular flexibility index (Phi) is 8.97. The molecule has 0 bridgehead atoms. The highest BCUT2D eigenvalue weighted by Crippen LogP contribution is 2.30. The number of likely N-dealkylation sites (N-methyl/N-ethyl adjacent to an activating group) is 1.